The Morgan fingerprint density at radius 2 is 2.10 bits per heavy atom. The highest BCUT2D eigenvalue weighted by Gasteiger charge is 2.21. The Balaban J connectivity index is 2.18. The molecule has 0 radical (unpaired) electrons. The minimum absolute atomic E-state index is 0.0622. The molecule has 21 heavy (non-hydrogen) atoms. The van der Waals surface area contributed by atoms with Crippen molar-refractivity contribution in [3.05, 3.63) is 40.9 Å². The van der Waals surface area contributed by atoms with Crippen LogP contribution in [0, 0.1) is 4.91 Å². The summed E-state index contributed by atoms with van der Waals surface area (Å²) in [4.78, 5) is 36.3. The summed E-state index contributed by atoms with van der Waals surface area (Å²) in [6, 6.07) is 6.18. The van der Waals surface area contributed by atoms with Crippen molar-refractivity contribution in [1.29, 1.82) is 0 Å². The number of para-hydroxylation sites is 1. The van der Waals surface area contributed by atoms with Crippen LogP contribution in [-0.4, -0.2) is 19.2 Å². The van der Waals surface area contributed by atoms with Crippen molar-refractivity contribution in [2.45, 2.75) is 0 Å². The average Bonchev–Trinajstić information content (AvgIpc) is 2.95. The number of anilines is 1. The van der Waals surface area contributed by atoms with Gasteiger partial charge in [0.15, 0.2) is 0 Å². The van der Waals surface area contributed by atoms with Crippen LogP contribution in [0.1, 0.15) is 10.4 Å². The fourth-order valence-corrected chi connectivity index (χ4v) is 2.07. The Morgan fingerprint density at radius 3 is 2.76 bits per heavy atom. The van der Waals surface area contributed by atoms with Gasteiger partial charge in [0.1, 0.15) is 17.5 Å². The smallest absolute Gasteiger partial charge is 0.437 e. The molecule has 2 aromatic rings. The zero-order valence-corrected chi connectivity index (χ0v) is 11.6. The second kappa shape index (κ2) is 6.57. The van der Waals surface area contributed by atoms with Gasteiger partial charge in [0.25, 0.3) is 0 Å². The Hall–Kier alpha value is -2.81. The molecule has 0 aliphatic rings. The molecule has 0 spiro atoms. The number of methoxy groups -OCH3 is 1. The van der Waals surface area contributed by atoms with Gasteiger partial charge >= 0.3 is 17.2 Å². The fraction of sp³-hybridized carbons (Fsp3) is 0.0833. The van der Waals surface area contributed by atoms with Gasteiger partial charge in [-0.05, 0) is 28.6 Å². The first kappa shape index (κ1) is 14.6. The van der Waals surface area contributed by atoms with Crippen molar-refractivity contribution in [3.8, 4) is 5.75 Å². The van der Waals surface area contributed by atoms with Gasteiger partial charge in [-0.2, -0.15) is 5.32 Å². The Labute approximate surface area is 122 Å². The number of nitroso groups, excluding NO2 is 1. The van der Waals surface area contributed by atoms with Gasteiger partial charge in [0, 0.05) is 0 Å². The predicted octanol–water partition coefficient (Wildman–Crippen LogP) is 2.36. The van der Waals surface area contributed by atoms with Crippen molar-refractivity contribution >= 4 is 33.5 Å². The van der Waals surface area contributed by atoms with Crippen molar-refractivity contribution in [1.82, 2.24) is 0 Å². The summed E-state index contributed by atoms with van der Waals surface area (Å²) in [7, 11) is 1.17. The molecule has 1 heterocycles. The average molecular weight is 308 g/mol. The third-order valence-corrected chi connectivity index (χ3v) is 3.17. The number of thiazole rings is 1. The number of hydrogen-bond acceptors (Lipinski definition) is 7. The minimum Gasteiger partial charge on any atom is -0.437 e. The van der Waals surface area contributed by atoms with Crippen LogP contribution < -0.4 is 15.0 Å². The second-order valence-electron chi connectivity index (χ2n) is 3.66. The van der Waals surface area contributed by atoms with Gasteiger partial charge in [-0.1, -0.05) is 12.1 Å². The number of benzene rings is 1. The Kier molecular flexibility index (Phi) is 4.57. The maximum atomic E-state index is 12.1. The number of H-pyrrole nitrogens is 1. The molecule has 8 nitrogen and oxygen atoms in total. The zero-order chi connectivity index (χ0) is 15.2. The lowest BCUT2D eigenvalue weighted by molar-refractivity contribution is -0.353. The number of nitrogens with one attached hydrogen (secondary N) is 2. The maximum absolute atomic E-state index is 12.1. The Bertz CT molecular complexity index is 685. The van der Waals surface area contributed by atoms with Crippen molar-refractivity contribution in [2.24, 2.45) is 5.18 Å². The lowest BCUT2D eigenvalue weighted by Gasteiger charge is -2.05. The van der Waals surface area contributed by atoms with Crippen LogP contribution in [0.2, 0.25) is 0 Å². The summed E-state index contributed by atoms with van der Waals surface area (Å²) in [6.45, 7) is 0. The standard InChI is InChI=1S/C12H9N3O5S/c1-19-12(17)20-8-5-3-2-4-7(8)10(16)14-11-13-6-9(15-18)21-11/h2-6H,1H3,(H,13,14,16)/p+1. The number of carbonyl (C=O) groups excluding carboxylic acids is 2. The minimum atomic E-state index is -0.926. The van der Waals surface area contributed by atoms with Crippen LogP contribution >= 0.6 is 11.3 Å². The number of aromatic amines is 1. The molecule has 1 aromatic heterocycles. The number of aromatic nitrogens is 1. The molecular formula is C12H10N3O5S+. The van der Waals surface area contributed by atoms with Crippen molar-refractivity contribution < 1.29 is 24.0 Å². The number of rotatable bonds is 4. The van der Waals surface area contributed by atoms with E-state index in [2.05, 4.69) is 20.2 Å². The second-order valence-corrected chi connectivity index (χ2v) is 4.69. The van der Waals surface area contributed by atoms with Crippen molar-refractivity contribution in [3.63, 3.8) is 0 Å². The Morgan fingerprint density at radius 1 is 1.33 bits per heavy atom. The van der Waals surface area contributed by atoms with Gasteiger partial charge in [-0.25, -0.2) is 14.6 Å². The predicted molar refractivity (Wildman–Crippen MR) is 73.8 cm³/mol. The molecule has 0 saturated heterocycles. The number of carbonyl (C=O) groups is 2. The van der Waals surface area contributed by atoms with Crippen LogP contribution in [0.5, 0.6) is 5.75 Å². The summed E-state index contributed by atoms with van der Waals surface area (Å²) < 4.78 is 9.26. The molecule has 2 rings (SSSR count). The summed E-state index contributed by atoms with van der Waals surface area (Å²) >= 11 is 0.981. The molecule has 0 atom stereocenters. The van der Waals surface area contributed by atoms with Crippen LogP contribution in [0.4, 0.5) is 14.9 Å². The van der Waals surface area contributed by atoms with Gasteiger partial charge < -0.3 is 9.47 Å². The van der Waals surface area contributed by atoms with E-state index < -0.39 is 12.1 Å². The van der Waals surface area contributed by atoms with E-state index in [0.29, 0.717) is 5.13 Å². The van der Waals surface area contributed by atoms with Gasteiger partial charge in [0.2, 0.25) is 5.00 Å². The van der Waals surface area contributed by atoms with E-state index in [1.165, 1.54) is 25.4 Å². The summed E-state index contributed by atoms with van der Waals surface area (Å²) in [5, 5.41) is 5.81. The molecule has 0 aliphatic heterocycles. The molecule has 108 valence electrons. The molecule has 9 heteroatoms. The van der Waals surface area contributed by atoms with Crippen LogP contribution in [-0.2, 0) is 4.74 Å². The SMILES string of the molecule is COC(=O)Oc1ccccc1C(=O)Nc1[nH+]cc(N=O)s1. The van der Waals surface area contributed by atoms with Crippen LogP contribution in [0.15, 0.2) is 35.6 Å². The van der Waals surface area contributed by atoms with Crippen LogP contribution in [0.25, 0.3) is 0 Å². The number of amides is 1. The highest BCUT2D eigenvalue weighted by molar-refractivity contribution is 7.18. The third-order valence-electron chi connectivity index (χ3n) is 2.34. The van der Waals surface area contributed by atoms with Gasteiger partial charge in [-0.15, -0.1) is 4.91 Å². The molecule has 1 aromatic carbocycles. The van der Waals surface area contributed by atoms with E-state index in [0.717, 1.165) is 11.3 Å². The highest BCUT2D eigenvalue weighted by atomic mass is 32.1. The largest absolute Gasteiger partial charge is 0.513 e. The normalized spacial score (nSPS) is 9.76. The summed E-state index contributed by atoms with van der Waals surface area (Å²) in [5.74, 6) is -0.447. The molecule has 0 unspecified atom stereocenters. The van der Waals surface area contributed by atoms with E-state index >= 15 is 0 Å². The van der Waals surface area contributed by atoms with E-state index in [-0.39, 0.29) is 16.3 Å². The van der Waals surface area contributed by atoms with Gasteiger partial charge in [0.05, 0.1) is 7.11 Å². The lowest BCUT2D eigenvalue weighted by atomic mass is 10.2. The topological polar surface area (TPSA) is 108 Å². The number of ether oxygens (including phenoxy) is 2. The molecule has 0 bridgehead atoms. The van der Waals surface area contributed by atoms with Gasteiger partial charge in [-0.3, -0.25) is 0 Å². The first-order chi connectivity index (χ1) is 10.1. The third kappa shape index (κ3) is 3.60. The first-order valence-corrected chi connectivity index (χ1v) is 6.46. The monoisotopic (exact) mass is 308 g/mol. The number of hydrogen-bond donors (Lipinski definition) is 1. The summed E-state index contributed by atoms with van der Waals surface area (Å²) in [5.41, 5.74) is 0.144. The number of nitrogens with zero attached hydrogens (tertiary/aromatic N) is 1. The van der Waals surface area contributed by atoms with E-state index in [9.17, 15) is 14.5 Å². The van der Waals surface area contributed by atoms with E-state index in [1.54, 1.807) is 12.1 Å². The van der Waals surface area contributed by atoms with Crippen LogP contribution in [0.3, 0.4) is 0 Å². The van der Waals surface area contributed by atoms with Crippen molar-refractivity contribution in [2.75, 3.05) is 12.4 Å². The van der Waals surface area contributed by atoms with E-state index in [4.69, 9.17) is 4.74 Å². The molecule has 0 saturated carbocycles. The highest BCUT2D eigenvalue weighted by Crippen LogP contribution is 2.24. The fourth-order valence-electron chi connectivity index (χ4n) is 1.44. The molecule has 0 aliphatic carbocycles. The summed E-state index contributed by atoms with van der Waals surface area (Å²) in [6.07, 6.45) is 0.440. The molecule has 2 N–H and O–H groups in total. The zero-order valence-electron chi connectivity index (χ0n) is 10.8. The maximum Gasteiger partial charge on any atom is 0.513 e. The first-order valence-electron chi connectivity index (χ1n) is 5.65. The molecule has 1 amide bonds. The molecule has 0 fully saturated rings. The quantitative estimate of drug-likeness (QED) is 0.530. The lowest BCUT2D eigenvalue weighted by Crippen LogP contribution is -2.18. The molecular weight excluding hydrogens is 298 g/mol. The van der Waals surface area contributed by atoms with E-state index in [1.807, 2.05) is 0 Å².